The Hall–Kier alpha value is -2.34. The molecule has 3 aromatic rings. The number of fused-ring (bicyclic) bond motifs is 2. The highest BCUT2D eigenvalue weighted by atomic mass is 32.1. The maximum Gasteiger partial charge on any atom is 0.241 e. The van der Waals surface area contributed by atoms with E-state index in [1.807, 2.05) is 29.6 Å². The van der Waals surface area contributed by atoms with Crippen LogP contribution >= 0.6 is 11.3 Å². The number of nitrogens with zero attached hydrogens (tertiary/aromatic N) is 2. The largest absolute Gasteiger partial charge is 0.479 e. The molecule has 0 atom stereocenters. The van der Waals surface area contributed by atoms with E-state index in [-0.39, 0.29) is 6.79 Å². The second kappa shape index (κ2) is 4.35. The second-order valence-corrected chi connectivity index (χ2v) is 5.20. The summed E-state index contributed by atoms with van der Waals surface area (Å²) in [6.45, 7) is 0.237. The summed E-state index contributed by atoms with van der Waals surface area (Å²) in [6, 6.07) is 7.65. The van der Waals surface area contributed by atoms with Crippen molar-refractivity contribution in [3.63, 3.8) is 0 Å². The Morgan fingerprint density at radius 3 is 2.55 bits per heavy atom. The number of hydrogen-bond acceptors (Lipinski definition) is 6. The van der Waals surface area contributed by atoms with Crippen LogP contribution in [0, 0.1) is 0 Å². The molecule has 5 nitrogen and oxygen atoms in total. The van der Waals surface area contributed by atoms with E-state index in [0.717, 1.165) is 21.6 Å². The molecule has 3 heterocycles. The van der Waals surface area contributed by atoms with Gasteiger partial charge in [0.15, 0.2) is 11.5 Å². The van der Waals surface area contributed by atoms with Crippen LogP contribution in [-0.2, 0) is 0 Å². The summed E-state index contributed by atoms with van der Waals surface area (Å²) in [5.74, 6) is 1.91. The van der Waals surface area contributed by atoms with Crippen LogP contribution in [-0.4, -0.2) is 23.9 Å². The third-order valence-electron chi connectivity index (χ3n) is 3.07. The summed E-state index contributed by atoms with van der Waals surface area (Å²) in [5.41, 5.74) is 2.23. The van der Waals surface area contributed by atoms with Gasteiger partial charge < -0.3 is 14.2 Å². The van der Waals surface area contributed by atoms with Gasteiger partial charge in [-0.2, -0.15) is 0 Å². The Balaban J connectivity index is 1.98. The van der Waals surface area contributed by atoms with Crippen LogP contribution in [0.15, 0.2) is 29.6 Å². The lowest BCUT2D eigenvalue weighted by atomic mass is 10.2. The summed E-state index contributed by atoms with van der Waals surface area (Å²) >= 11 is 1.60. The molecule has 6 heteroatoms. The lowest BCUT2D eigenvalue weighted by molar-refractivity contribution is 0.174. The Bertz CT molecular complexity index is 787. The highest BCUT2D eigenvalue weighted by Gasteiger charge is 2.18. The Morgan fingerprint density at radius 1 is 1.15 bits per heavy atom. The van der Waals surface area contributed by atoms with E-state index in [1.54, 1.807) is 18.4 Å². The summed E-state index contributed by atoms with van der Waals surface area (Å²) < 4.78 is 16.1. The average Bonchev–Trinajstić information content (AvgIpc) is 3.14. The van der Waals surface area contributed by atoms with E-state index in [4.69, 9.17) is 14.2 Å². The van der Waals surface area contributed by atoms with Crippen molar-refractivity contribution in [2.24, 2.45) is 0 Å². The van der Waals surface area contributed by atoms with Crippen molar-refractivity contribution in [1.29, 1.82) is 0 Å². The van der Waals surface area contributed by atoms with Crippen molar-refractivity contribution in [3.05, 3.63) is 29.6 Å². The van der Waals surface area contributed by atoms with Gasteiger partial charge in [-0.15, -0.1) is 11.3 Å². The minimum Gasteiger partial charge on any atom is -0.479 e. The minimum atomic E-state index is 0.237. The topological polar surface area (TPSA) is 53.5 Å². The van der Waals surface area contributed by atoms with E-state index < -0.39 is 0 Å². The number of aromatic nitrogens is 2. The number of hydrogen-bond donors (Lipinski definition) is 0. The third kappa shape index (κ3) is 1.69. The zero-order valence-electron chi connectivity index (χ0n) is 10.6. The quantitative estimate of drug-likeness (QED) is 0.724. The lowest BCUT2D eigenvalue weighted by Crippen LogP contribution is -1.95. The molecular weight excluding hydrogens is 276 g/mol. The maximum atomic E-state index is 5.38. The molecule has 0 aliphatic carbocycles. The van der Waals surface area contributed by atoms with Gasteiger partial charge in [0.25, 0.3) is 0 Å². The summed E-state index contributed by atoms with van der Waals surface area (Å²) in [5, 5.41) is 2.00. The first-order valence-electron chi connectivity index (χ1n) is 6.04. The minimum absolute atomic E-state index is 0.237. The van der Waals surface area contributed by atoms with Gasteiger partial charge in [-0.25, -0.2) is 9.97 Å². The number of rotatable bonds is 2. The molecule has 0 fully saturated rings. The van der Waals surface area contributed by atoms with Crippen LogP contribution in [0.5, 0.6) is 17.4 Å². The highest BCUT2D eigenvalue weighted by molar-refractivity contribution is 7.13. The molecule has 1 aliphatic rings. The first kappa shape index (κ1) is 11.5. The van der Waals surface area contributed by atoms with E-state index in [2.05, 4.69) is 9.97 Å². The molecule has 4 rings (SSSR count). The standard InChI is InChI=1S/C14H10N2O3S/c1-17-14-13(12-3-2-4-20-12)15-8-5-10-11(19-7-18-10)6-9(8)16-14/h2-6H,7H2,1H3. The monoisotopic (exact) mass is 286 g/mol. The number of thiophene rings is 1. The smallest absolute Gasteiger partial charge is 0.241 e. The molecule has 0 bridgehead atoms. The van der Waals surface area contributed by atoms with Gasteiger partial charge in [0.05, 0.1) is 23.0 Å². The number of ether oxygens (including phenoxy) is 3. The fraction of sp³-hybridized carbons (Fsp3) is 0.143. The molecule has 1 aromatic carbocycles. The molecule has 0 spiro atoms. The van der Waals surface area contributed by atoms with E-state index in [9.17, 15) is 0 Å². The van der Waals surface area contributed by atoms with Gasteiger partial charge >= 0.3 is 0 Å². The molecule has 2 aromatic heterocycles. The summed E-state index contributed by atoms with van der Waals surface area (Å²) in [7, 11) is 1.60. The fourth-order valence-electron chi connectivity index (χ4n) is 2.15. The third-order valence-corrected chi connectivity index (χ3v) is 3.95. The van der Waals surface area contributed by atoms with Crippen LogP contribution in [0.2, 0.25) is 0 Å². The molecule has 0 N–H and O–H groups in total. The Kier molecular flexibility index (Phi) is 2.50. The molecule has 0 saturated carbocycles. The van der Waals surface area contributed by atoms with Crippen molar-refractivity contribution in [2.75, 3.05) is 13.9 Å². The predicted octanol–water partition coefficient (Wildman–Crippen LogP) is 3.10. The van der Waals surface area contributed by atoms with Gasteiger partial charge in [0.2, 0.25) is 12.7 Å². The SMILES string of the molecule is COc1nc2cc3c(cc2nc1-c1cccs1)OCO3. The van der Waals surface area contributed by atoms with E-state index in [0.29, 0.717) is 17.4 Å². The molecule has 100 valence electrons. The van der Waals surface area contributed by atoms with Crippen molar-refractivity contribution in [1.82, 2.24) is 9.97 Å². The fourth-order valence-corrected chi connectivity index (χ4v) is 2.85. The summed E-state index contributed by atoms with van der Waals surface area (Å²) in [4.78, 5) is 10.2. The highest BCUT2D eigenvalue weighted by Crippen LogP contribution is 2.38. The molecule has 0 unspecified atom stereocenters. The molecule has 20 heavy (non-hydrogen) atoms. The van der Waals surface area contributed by atoms with Gasteiger partial charge in [0.1, 0.15) is 5.69 Å². The van der Waals surface area contributed by atoms with Gasteiger partial charge in [-0.1, -0.05) is 6.07 Å². The van der Waals surface area contributed by atoms with E-state index >= 15 is 0 Å². The number of benzene rings is 1. The molecule has 1 aliphatic heterocycles. The lowest BCUT2D eigenvalue weighted by Gasteiger charge is -2.07. The zero-order valence-corrected chi connectivity index (χ0v) is 11.4. The average molecular weight is 286 g/mol. The Labute approximate surface area is 118 Å². The molecule has 0 radical (unpaired) electrons. The predicted molar refractivity (Wildman–Crippen MR) is 75.5 cm³/mol. The van der Waals surface area contributed by atoms with Gasteiger partial charge in [-0.3, -0.25) is 0 Å². The van der Waals surface area contributed by atoms with Crippen molar-refractivity contribution in [2.45, 2.75) is 0 Å². The first-order chi connectivity index (χ1) is 9.85. The van der Waals surface area contributed by atoms with Crippen LogP contribution in [0.25, 0.3) is 21.6 Å². The van der Waals surface area contributed by atoms with Gasteiger partial charge in [0, 0.05) is 12.1 Å². The summed E-state index contributed by atoms with van der Waals surface area (Å²) in [6.07, 6.45) is 0. The first-order valence-corrected chi connectivity index (χ1v) is 6.92. The van der Waals surface area contributed by atoms with Crippen molar-refractivity contribution < 1.29 is 14.2 Å². The van der Waals surface area contributed by atoms with Crippen LogP contribution in [0.4, 0.5) is 0 Å². The van der Waals surface area contributed by atoms with Crippen molar-refractivity contribution in [3.8, 4) is 28.0 Å². The maximum absolute atomic E-state index is 5.38. The second-order valence-electron chi connectivity index (χ2n) is 4.25. The normalized spacial score (nSPS) is 12.8. The van der Waals surface area contributed by atoms with E-state index in [1.165, 1.54) is 0 Å². The van der Waals surface area contributed by atoms with Crippen LogP contribution in [0.1, 0.15) is 0 Å². The molecular formula is C14H10N2O3S. The van der Waals surface area contributed by atoms with Gasteiger partial charge in [-0.05, 0) is 11.4 Å². The van der Waals surface area contributed by atoms with Crippen LogP contribution < -0.4 is 14.2 Å². The van der Waals surface area contributed by atoms with Crippen molar-refractivity contribution >= 4 is 22.4 Å². The molecule has 0 saturated heterocycles. The number of methoxy groups -OCH3 is 1. The molecule has 0 amide bonds. The van der Waals surface area contributed by atoms with Crippen LogP contribution in [0.3, 0.4) is 0 Å². The Morgan fingerprint density at radius 2 is 1.90 bits per heavy atom. The zero-order chi connectivity index (χ0) is 13.5.